The Hall–Kier alpha value is -0.0800. The van der Waals surface area contributed by atoms with E-state index in [2.05, 4.69) is 25.7 Å². The van der Waals surface area contributed by atoms with Crippen LogP contribution in [0.25, 0.3) is 0 Å². The predicted octanol–water partition coefficient (Wildman–Crippen LogP) is 3.83. The molecule has 1 atom stereocenters. The Kier molecular flexibility index (Phi) is 5.30. The summed E-state index contributed by atoms with van der Waals surface area (Å²) in [6, 6.07) is 0. The van der Waals surface area contributed by atoms with Gasteiger partial charge in [-0.15, -0.1) is 0 Å². The maximum absolute atomic E-state index is 11.1. The minimum atomic E-state index is -0.0950. The Bertz CT molecular complexity index is 260. The maximum Gasteiger partial charge on any atom is 0.0751 e. The summed E-state index contributed by atoms with van der Waals surface area (Å²) in [5.74, 6) is 1.42. The van der Waals surface area contributed by atoms with E-state index in [1.807, 2.05) is 0 Å². The van der Waals surface area contributed by atoms with Crippen molar-refractivity contribution in [2.75, 3.05) is 13.1 Å². The van der Waals surface area contributed by atoms with Crippen molar-refractivity contribution in [3.8, 4) is 0 Å². The number of likely N-dealkylation sites (N-methyl/N-ethyl adjacent to an activating group) is 1. The van der Waals surface area contributed by atoms with Crippen molar-refractivity contribution in [3.05, 3.63) is 0 Å². The second-order valence-corrected chi connectivity index (χ2v) is 6.95. The zero-order valence-corrected chi connectivity index (χ0v) is 13.2. The van der Waals surface area contributed by atoms with E-state index in [0.717, 1.165) is 19.0 Å². The summed E-state index contributed by atoms with van der Waals surface area (Å²) in [6.07, 6.45) is 10.0. The van der Waals surface area contributed by atoms with Crippen molar-refractivity contribution in [3.63, 3.8) is 0 Å². The third kappa shape index (κ3) is 3.00. The Morgan fingerprint density at radius 2 is 1.58 bits per heavy atom. The van der Waals surface area contributed by atoms with Crippen LogP contribution in [0.3, 0.4) is 0 Å². The lowest BCUT2D eigenvalue weighted by molar-refractivity contribution is -0.0659. The molecule has 112 valence electrons. The van der Waals surface area contributed by atoms with Gasteiger partial charge in [-0.1, -0.05) is 46.5 Å². The molecule has 0 amide bonds. The number of hydrogen-bond acceptors (Lipinski definition) is 2. The van der Waals surface area contributed by atoms with Gasteiger partial charge in [0.15, 0.2) is 0 Å². The molecule has 2 saturated carbocycles. The maximum atomic E-state index is 11.1. The van der Waals surface area contributed by atoms with E-state index in [-0.39, 0.29) is 11.6 Å². The molecule has 0 aromatic heterocycles. The highest BCUT2D eigenvalue weighted by molar-refractivity contribution is 5.02. The molecule has 19 heavy (non-hydrogen) atoms. The molecule has 0 saturated heterocycles. The summed E-state index contributed by atoms with van der Waals surface area (Å²) in [7, 11) is 0. The van der Waals surface area contributed by atoms with Gasteiger partial charge in [0.05, 0.1) is 6.10 Å². The number of aliphatic hydroxyl groups excluding tert-OH is 1. The molecule has 0 aliphatic heterocycles. The van der Waals surface area contributed by atoms with Crippen LogP contribution >= 0.6 is 0 Å². The summed E-state index contributed by atoms with van der Waals surface area (Å²) in [5.41, 5.74) is 0.106. The van der Waals surface area contributed by atoms with Gasteiger partial charge >= 0.3 is 0 Å². The molecule has 2 heteroatoms. The second-order valence-electron chi connectivity index (χ2n) is 6.95. The van der Waals surface area contributed by atoms with Crippen LogP contribution in [0.2, 0.25) is 0 Å². The lowest BCUT2D eigenvalue weighted by atomic mass is 9.73. The molecule has 0 bridgehead atoms. The predicted molar refractivity (Wildman–Crippen MR) is 81.2 cm³/mol. The minimum absolute atomic E-state index is 0.0950. The van der Waals surface area contributed by atoms with E-state index in [4.69, 9.17) is 0 Å². The van der Waals surface area contributed by atoms with Gasteiger partial charge in [0.1, 0.15) is 0 Å². The number of nitrogens with zero attached hydrogens (tertiary/aromatic N) is 1. The average Bonchev–Trinajstić information content (AvgIpc) is 2.91. The summed E-state index contributed by atoms with van der Waals surface area (Å²) < 4.78 is 0. The van der Waals surface area contributed by atoms with E-state index in [1.165, 1.54) is 51.4 Å². The molecule has 0 heterocycles. The van der Waals surface area contributed by atoms with E-state index in [9.17, 15) is 5.11 Å². The quantitative estimate of drug-likeness (QED) is 0.818. The first kappa shape index (κ1) is 15.3. The largest absolute Gasteiger partial charge is 0.391 e. The van der Waals surface area contributed by atoms with Gasteiger partial charge in [-0.25, -0.2) is 0 Å². The van der Waals surface area contributed by atoms with Crippen molar-refractivity contribution < 1.29 is 5.11 Å². The SMILES string of the molecule is CCN(CC)C1(C(O)C2CCC(C)CC2)CCCC1. The van der Waals surface area contributed by atoms with Crippen LogP contribution in [0.5, 0.6) is 0 Å². The topological polar surface area (TPSA) is 23.5 Å². The van der Waals surface area contributed by atoms with Crippen LogP contribution in [0.4, 0.5) is 0 Å². The van der Waals surface area contributed by atoms with Crippen molar-refractivity contribution in [1.29, 1.82) is 0 Å². The highest BCUT2D eigenvalue weighted by Crippen LogP contribution is 2.44. The Morgan fingerprint density at radius 3 is 2.05 bits per heavy atom. The fourth-order valence-electron chi connectivity index (χ4n) is 4.68. The number of rotatable bonds is 5. The fraction of sp³-hybridized carbons (Fsp3) is 1.00. The van der Waals surface area contributed by atoms with Gasteiger partial charge in [0.25, 0.3) is 0 Å². The van der Waals surface area contributed by atoms with Crippen LogP contribution in [-0.2, 0) is 0 Å². The van der Waals surface area contributed by atoms with E-state index >= 15 is 0 Å². The summed E-state index contributed by atoms with van der Waals surface area (Å²) in [6.45, 7) is 9.02. The molecule has 1 N–H and O–H groups in total. The molecule has 0 radical (unpaired) electrons. The molecule has 1 unspecified atom stereocenters. The Balaban J connectivity index is 2.10. The van der Waals surface area contributed by atoms with E-state index in [0.29, 0.717) is 5.92 Å². The molecule has 2 fully saturated rings. The highest BCUT2D eigenvalue weighted by atomic mass is 16.3. The standard InChI is InChI=1S/C17H33NO/c1-4-18(5-2)17(12-6-7-13-17)16(19)15-10-8-14(3)9-11-15/h14-16,19H,4-13H2,1-3H3. The van der Waals surface area contributed by atoms with Gasteiger partial charge in [-0.2, -0.15) is 0 Å². The first-order chi connectivity index (χ1) is 9.14. The van der Waals surface area contributed by atoms with Crippen molar-refractivity contribution >= 4 is 0 Å². The van der Waals surface area contributed by atoms with Gasteiger partial charge in [-0.05, 0) is 50.6 Å². The molecule has 0 spiro atoms. The van der Waals surface area contributed by atoms with Gasteiger partial charge < -0.3 is 5.11 Å². The zero-order valence-electron chi connectivity index (χ0n) is 13.2. The monoisotopic (exact) mass is 267 g/mol. The van der Waals surface area contributed by atoms with Crippen molar-refractivity contribution in [2.45, 2.75) is 83.8 Å². The van der Waals surface area contributed by atoms with Crippen molar-refractivity contribution in [1.82, 2.24) is 4.90 Å². The van der Waals surface area contributed by atoms with E-state index in [1.54, 1.807) is 0 Å². The Morgan fingerprint density at radius 1 is 1.05 bits per heavy atom. The van der Waals surface area contributed by atoms with Crippen LogP contribution in [0.15, 0.2) is 0 Å². The molecule has 2 nitrogen and oxygen atoms in total. The van der Waals surface area contributed by atoms with Crippen LogP contribution in [-0.4, -0.2) is 34.7 Å². The van der Waals surface area contributed by atoms with E-state index < -0.39 is 0 Å². The molecule has 2 aliphatic rings. The molecule has 0 aromatic carbocycles. The smallest absolute Gasteiger partial charge is 0.0751 e. The fourth-order valence-corrected chi connectivity index (χ4v) is 4.68. The highest BCUT2D eigenvalue weighted by Gasteiger charge is 2.47. The molecule has 0 aromatic rings. The number of hydrogen-bond donors (Lipinski definition) is 1. The summed E-state index contributed by atoms with van der Waals surface area (Å²) in [4.78, 5) is 2.56. The molecular weight excluding hydrogens is 234 g/mol. The van der Waals surface area contributed by atoms with Crippen LogP contribution < -0.4 is 0 Å². The lowest BCUT2D eigenvalue weighted by Gasteiger charge is -2.47. The third-order valence-corrected chi connectivity index (χ3v) is 5.92. The van der Waals surface area contributed by atoms with Crippen LogP contribution in [0.1, 0.15) is 72.1 Å². The first-order valence-electron chi connectivity index (χ1n) is 8.57. The third-order valence-electron chi connectivity index (χ3n) is 5.92. The summed E-state index contributed by atoms with van der Waals surface area (Å²) >= 11 is 0. The van der Waals surface area contributed by atoms with Crippen LogP contribution in [0, 0.1) is 11.8 Å². The number of aliphatic hydroxyl groups is 1. The Labute approximate surface area is 119 Å². The molecule has 2 aliphatic carbocycles. The minimum Gasteiger partial charge on any atom is -0.391 e. The van der Waals surface area contributed by atoms with Gasteiger partial charge in [0.2, 0.25) is 0 Å². The lowest BCUT2D eigenvalue weighted by Crippen LogP contribution is -2.57. The van der Waals surface area contributed by atoms with Gasteiger partial charge in [-0.3, -0.25) is 4.90 Å². The zero-order chi connectivity index (χ0) is 13.9. The first-order valence-corrected chi connectivity index (χ1v) is 8.57. The normalized spacial score (nSPS) is 32.7. The van der Waals surface area contributed by atoms with Gasteiger partial charge in [0, 0.05) is 5.54 Å². The average molecular weight is 267 g/mol. The van der Waals surface area contributed by atoms with Crippen molar-refractivity contribution in [2.24, 2.45) is 11.8 Å². The molecule has 2 rings (SSSR count). The molecular formula is C17H33NO. The second kappa shape index (κ2) is 6.58. The summed E-state index contributed by atoms with van der Waals surface area (Å²) in [5, 5.41) is 11.1.